The van der Waals surface area contributed by atoms with Gasteiger partial charge in [0.2, 0.25) is 5.91 Å². The van der Waals surface area contributed by atoms with E-state index in [1.54, 1.807) is 19.0 Å². The molecule has 0 aromatic rings. The lowest BCUT2D eigenvalue weighted by Gasteiger charge is -2.47. The average Bonchev–Trinajstić information content (AvgIpc) is 2.42. The molecule has 2 N–H and O–H groups in total. The normalized spacial score (nSPS) is 23.0. The maximum Gasteiger partial charge on any atom is 0.243 e. The van der Waals surface area contributed by atoms with E-state index in [1.165, 1.54) is 19.3 Å². The molecule has 0 bridgehead atoms. The Morgan fingerprint density at radius 2 is 2.09 bits per heavy atom. The smallest absolute Gasteiger partial charge is 0.243 e. The van der Waals surface area contributed by atoms with E-state index < -0.39 is 0 Å². The zero-order chi connectivity index (χ0) is 16.2. The van der Waals surface area contributed by atoms with Gasteiger partial charge in [-0.05, 0) is 46.0 Å². The molecule has 2 rings (SSSR count). The molecule has 1 spiro atoms. The Hall–Kier alpha value is -0.570. The second-order valence-electron chi connectivity index (χ2n) is 6.97. The Morgan fingerprint density at radius 1 is 1.39 bits per heavy atom. The number of rotatable bonds is 4. The first-order valence-corrected chi connectivity index (χ1v) is 8.32. The summed E-state index contributed by atoms with van der Waals surface area (Å²) in [5.74, 6) is 0.735. The lowest BCUT2D eigenvalue weighted by molar-refractivity contribution is -0.134. The molecule has 1 amide bonds. The van der Waals surface area contributed by atoms with Crippen LogP contribution in [0.3, 0.4) is 0 Å². The molecule has 1 aliphatic heterocycles. The number of nitrogens with one attached hydrogen (secondary N) is 2. The van der Waals surface area contributed by atoms with Crippen LogP contribution in [0.15, 0.2) is 4.99 Å². The minimum Gasteiger partial charge on any atom is -0.375 e. The van der Waals surface area contributed by atoms with Gasteiger partial charge < -0.3 is 20.3 Å². The number of halogens is 1. The van der Waals surface area contributed by atoms with Gasteiger partial charge in [0.25, 0.3) is 0 Å². The van der Waals surface area contributed by atoms with Crippen LogP contribution in [0.4, 0.5) is 0 Å². The summed E-state index contributed by atoms with van der Waals surface area (Å²) in [6.07, 6.45) is 5.65. The van der Waals surface area contributed by atoms with E-state index in [2.05, 4.69) is 29.5 Å². The van der Waals surface area contributed by atoms with Crippen molar-refractivity contribution in [1.82, 2.24) is 15.5 Å². The summed E-state index contributed by atoms with van der Waals surface area (Å²) in [5, 5.41) is 6.81. The SMILES string of the molecule is CC(C)NC(=NCC(=O)N(C)C)NC1CCOC2(CCC2)C1.I. The summed E-state index contributed by atoms with van der Waals surface area (Å²) < 4.78 is 5.96. The standard InChI is InChI=1S/C16H30N4O2.HI/c1-12(2)18-15(17-11-14(21)20(3)4)19-13-6-9-22-16(10-13)7-5-8-16;/h12-13H,5-11H2,1-4H3,(H2,17,18,19);1H. The molecule has 1 saturated heterocycles. The van der Waals surface area contributed by atoms with Crippen molar-refractivity contribution < 1.29 is 9.53 Å². The van der Waals surface area contributed by atoms with Crippen LogP contribution in [0.25, 0.3) is 0 Å². The first kappa shape index (κ1) is 20.5. The van der Waals surface area contributed by atoms with Gasteiger partial charge in [-0.3, -0.25) is 4.79 Å². The van der Waals surface area contributed by atoms with E-state index in [-0.39, 0.29) is 48.1 Å². The second-order valence-corrected chi connectivity index (χ2v) is 6.97. The number of carbonyl (C=O) groups is 1. The fraction of sp³-hybridized carbons (Fsp3) is 0.875. The summed E-state index contributed by atoms with van der Waals surface area (Å²) in [6, 6.07) is 0.645. The first-order chi connectivity index (χ1) is 10.4. The average molecular weight is 438 g/mol. The van der Waals surface area contributed by atoms with Crippen LogP contribution in [0.2, 0.25) is 0 Å². The highest BCUT2D eigenvalue weighted by Gasteiger charge is 2.42. The highest BCUT2D eigenvalue weighted by Crippen LogP contribution is 2.42. The summed E-state index contributed by atoms with van der Waals surface area (Å²) in [4.78, 5) is 17.7. The van der Waals surface area contributed by atoms with Gasteiger partial charge in [-0.2, -0.15) is 0 Å². The van der Waals surface area contributed by atoms with Crippen molar-refractivity contribution >= 4 is 35.8 Å². The van der Waals surface area contributed by atoms with Crippen LogP contribution in [0.5, 0.6) is 0 Å². The summed E-state index contributed by atoms with van der Waals surface area (Å²) >= 11 is 0. The van der Waals surface area contributed by atoms with Gasteiger partial charge in [-0.15, -0.1) is 24.0 Å². The van der Waals surface area contributed by atoms with Gasteiger partial charge in [0.15, 0.2) is 5.96 Å². The fourth-order valence-electron chi connectivity index (χ4n) is 2.96. The number of amides is 1. The lowest BCUT2D eigenvalue weighted by Crippen LogP contribution is -2.54. The molecule has 134 valence electrons. The van der Waals surface area contributed by atoms with Gasteiger partial charge in [-0.25, -0.2) is 4.99 Å². The van der Waals surface area contributed by atoms with Crippen LogP contribution in [0.1, 0.15) is 46.0 Å². The monoisotopic (exact) mass is 438 g/mol. The molecule has 6 nitrogen and oxygen atoms in total. The number of hydrogen-bond acceptors (Lipinski definition) is 3. The number of aliphatic imine (C=N–C) groups is 1. The van der Waals surface area contributed by atoms with Crippen LogP contribution in [0, 0.1) is 0 Å². The number of nitrogens with zero attached hydrogens (tertiary/aromatic N) is 2. The molecule has 2 fully saturated rings. The number of guanidine groups is 1. The predicted octanol–water partition coefficient (Wildman–Crippen LogP) is 1.74. The van der Waals surface area contributed by atoms with E-state index in [9.17, 15) is 4.79 Å². The highest BCUT2D eigenvalue weighted by atomic mass is 127. The summed E-state index contributed by atoms with van der Waals surface area (Å²) in [7, 11) is 3.50. The molecule has 2 aliphatic rings. The zero-order valence-corrected chi connectivity index (χ0v) is 17.1. The van der Waals surface area contributed by atoms with Crippen LogP contribution < -0.4 is 10.6 Å². The Balaban J connectivity index is 0.00000264. The van der Waals surface area contributed by atoms with E-state index in [0.717, 1.165) is 25.4 Å². The minimum atomic E-state index is 0. The second kappa shape index (κ2) is 9.05. The van der Waals surface area contributed by atoms with Crippen molar-refractivity contribution in [2.24, 2.45) is 4.99 Å². The van der Waals surface area contributed by atoms with Gasteiger partial charge in [-0.1, -0.05) is 0 Å². The minimum absolute atomic E-state index is 0. The third kappa shape index (κ3) is 6.10. The quantitative estimate of drug-likeness (QED) is 0.399. The molecule has 1 unspecified atom stereocenters. The van der Waals surface area contributed by atoms with Gasteiger partial charge in [0, 0.05) is 32.8 Å². The molecule has 1 heterocycles. The fourth-order valence-corrected chi connectivity index (χ4v) is 2.96. The van der Waals surface area contributed by atoms with Gasteiger partial charge >= 0.3 is 0 Å². The van der Waals surface area contributed by atoms with Gasteiger partial charge in [0.05, 0.1) is 5.60 Å². The summed E-state index contributed by atoms with van der Waals surface area (Å²) in [5.41, 5.74) is 0.109. The molecule has 0 aromatic heterocycles. The first-order valence-electron chi connectivity index (χ1n) is 8.32. The lowest BCUT2D eigenvalue weighted by atomic mass is 9.74. The van der Waals surface area contributed by atoms with Crippen molar-refractivity contribution in [2.75, 3.05) is 27.2 Å². The topological polar surface area (TPSA) is 66.0 Å². The summed E-state index contributed by atoms with van der Waals surface area (Å²) in [6.45, 7) is 5.12. The molecule has 1 aliphatic carbocycles. The third-order valence-corrected chi connectivity index (χ3v) is 4.40. The van der Waals surface area contributed by atoms with Crippen LogP contribution in [-0.2, 0) is 9.53 Å². The van der Waals surface area contributed by atoms with Crippen molar-refractivity contribution in [3.05, 3.63) is 0 Å². The van der Waals surface area contributed by atoms with E-state index in [1.807, 2.05) is 0 Å². The number of carbonyl (C=O) groups excluding carboxylic acids is 1. The molecule has 0 radical (unpaired) electrons. The maximum absolute atomic E-state index is 11.7. The van der Waals surface area contributed by atoms with Crippen LogP contribution >= 0.6 is 24.0 Å². The molecule has 0 aromatic carbocycles. The largest absolute Gasteiger partial charge is 0.375 e. The molecule has 1 saturated carbocycles. The predicted molar refractivity (Wildman–Crippen MR) is 103 cm³/mol. The Morgan fingerprint density at radius 3 is 2.61 bits per heavy atom. The van der Waals surface area contributed by atoms with Crippen molar-refractivity contribution in [3.8, 4) is 0 Å². The van der Waals surface area contributed by atoms with E-state index in [4.69, 9.17) is 4.74 Å². The maximum atomic E-state index is 11.7. The van der Waals surface area contributed by atoms with Crippen molar-refractivity contribution in [1.29, 1.82) is 0 Å². The van der Waals surface area contributed by atoms with E-state index >= 15 is 0 Å². The molecular formula is C16H31IN4O2. The molecule has 1 atom stereocenters. The van der Waals surface area contributed by atoms with E-state index in [0.29, 0.717) is 6.04 Å². The Labute approximate surface area is 156 Å². The number of hydrogen-bond donors (Lipinski definition) is 2. The molecule has 7 heteroatoms. The van der Waals surface area contributed by atoms with Gasteiger partial charge in [0.1, 0.15) is 6.54 Å². The highest BCUT2D eigenvalue weighted by molar-refractivity contribution is 14.0. The van der Waals surface area contributed by atoms with Crippen LogP contribution in [-0.4, -0.2) is 61.7 Å². The third-order valence-electron chi connectivity index (χ3n) is 4.40. The van der Waals surface area contributed by atoms with Crippen molar-refractivity contribution in [3.63, 3.8) is 0 Å². The molecular weight excluding hydrogens is 407 g/mol. The number of likely N-dealkylation sites (N-methyl/N-ethyl adjacent to an activating group) is 1. The Kier molecular flexibility index (Phi) is 8.06. The Bertz CT molecular complexity index is 422. The number of ether oxygens (including phenoxy) is 1. The van der Waals surface area contributed by atoms with Crippen molar-refractivity contribution in [2.45, 2.75) is 63.6 Å². The zero-order valence-electron chi connectivity index (χ0n) is 14.7. The molecule has 23 heavy (non-hydrogen) atoms.